The highest BCUT2D eigenvalue weighted by atomic mass is 16.8. The van der Waals surface area contributed by atoms with Gasteiger partial charge in [-0.1, -0.05) is 30.3 Å². The Labute approximate surface area is 166 Å². The van der Waals surface area contributed by atoms with Crippen LogP contribution in [0.4, 0.5) is 5.69 Å². The van der Waals surface area contributed by atoms with Crippen LogP contribution in [-0.2, 0) is 20.7 Å². The van der Waals surface area contributed by atoms with Gasteiger partial charge in [0.05, 0.1) is 13.2 Å². The predicted octanol–water partition coefficient (Wildman–Crippen LogP) is 1.61. The van der Waals surface area contributed by atoms with Gasteiger partial charge in [-0.25, -0.2) is 10.0 Å². The van der Waals surface area contributed by atoms with Crippen molar-refractivity contribution < 1.29 is 24.8 Å². The summed E-state index contributed by atoms with van der Waals surface area (Å²) < 4.78 is 4.98. The molecule has 0 bridgehead atoms. The van der Waals surface area contributed by atoms with Crippen molar-refractivity contribution in [3.63, 3.8) is 0 Å². The second-order valence-corrected chi connectivity index (χ2v) is 7.07. The van der Waals surface area contributed by atoms with Crippen LogP contribution in [-0.4, -0.2) is 40.1 Å². The molecule has 3 atom stereocenters. The van der Waals surface area contributed by atoms with E-state index in [1.807, 2.05) is 24.3 Å². The summed E-state index contributed by atoms with van der Waals surface area (Å²) in [7, 11) is 1.30. The highest BCUT2D eigenvalue weighted by Crippen LogP contribution is 2.41. The van der Waals surface area contributed by atoms with E-state index in [2.05, 4.69) is 4.98 Å². The zero-order chi connectivity index (χ0) is 20.7. The molecular weight excluding hydrogens is 374 g/mol. The van der Waals surface area contributed by atoms with Crippen molar-refractivity contribution in [2.45, 2.75) is 25.4 Å². The normalized spacial score (nSPS) is 19.7. The molecule has 3 aromatic rings. The van der Waals surface area contributed by atoms with Gasteiger partial charge in [-0.05, 0) is 17.2 Å². The fraction of sp³-hybridized carbons (Fsp3) is 0.238. The first-order valence-electron chi connectivity index (χ1n) is 9.21. The van der Waals surface area contributed by atoms with E-state index in [1.165, 1.54) is 31.1 Å². The van der Waals surface area contributed by atoms with Crippen LogP contribution in [0.1, 0.15) is 29.8 Å². The van der Waals surface area contributed by atoms with Crippen LogP contribution in [0.3, 0.4) is 0 Å². The number of nitrogens with one attached hydrogen (secondary N) is 2. The number of amides is 1. The van der Waals surface area contributed by atoms with E-state index in [0.29, 0.717) is 12.0 Å². The van der Waals surface area contributed by atoms with Crippen molar-refractivity contribution in [3.8, 4) is 0 Å². The molecule has 0 saturated heterocycles. The SMILES string of the molecule is COC(=O)[C@@H]1Cc2c([nH]c3ccccc23)C(c2cccc([NH+]([O-])O)c2)N1C(C)=O. The number of aromatic amines is 1. The second-order valence-electron chi connectivity index (χ2n) is 7.07. The predicted molar refractivity (Wildman–Crippen MR) is 104 cm³/mol. The Hall–Kier alpha value is -3.20. The van der Waals surface area contributed by atoms with Crippen molar-refractivity contribution in [1.29, 1.82) is 0 Å². The molecular formula is C21H21N3O5. The van der Waals surface area contributed by atoms with Gasteiger partial charge in [-0.15, -0.1) is 0 Å². The third-order valence-corrected chi connectivity index (χ3v) is 5.42. The van der Waals surface area contributed by atoms with E-state index >= 15 is 0 Å². The fourth-order valence-corrected chi connectivity index (χ4v) is 4.19. The molecule has 1 aromatic heterocycles. The van der Waals surface area contributed by atoms with E-state index in [9.17, 15) is 20.0 Å². The molecule has 2 unspecified atom stereocenters. The average Bonchev–Trinajstić information content (AvgIpc) is 3.10. The number of methoxy groups -OCH3 is 1. The lowest BCUT2D eigenvalue weighted by molar-refractivity contribution is -0.991. The molecule has 0 fully saturated rings. The van der Waals surface area contributed by atoms with E-state index in [4.69, 9.17) is 4.74 Å². The number of rotatable bonds is 3. The molecule has 0 spiro atoms. The molecule has 2 heterocycles. The van der Waals surface area contributed by atoms with Crippen LogP contribution in [0.5, 0.6) is 0 Å². The number of nitrogens with zero attached hydrogens (tertiary/aromatic N) is 1. The highest BCUT2D eigenvalue weighted by Gasteiger charge is 2.43. The van der Waals surface area contributed by atoms with Crippen LogP contribution < -0.4 is 5.23 Å². The highest BCUT2D eigenvalue weighted by molar-refractivity contribution is 5.90. The lowest BCUT2D eigenvalue weighted by atomic mass is 9.87. The van der Waals surface area contributed by atoms with Crippen LogP contribution in [0, 0.1) is 5.21 Å². The molecule has 1 aliphatic heterocycles. The van der Waals surface area contributed by atoms with Crippen molar-refractivity contribution >= 4 is 28.5 Å². The molecule has 0 radical (unpaired) electrons. The van der Waals surface area contributed by atoms with Gasteiger partial charge in [0.2, 0.25) is 5.91 Å². The minimum Gasteiger partial charge on any atom is -0.595 e. The Morgan fingerprint density at radius 3 is 2.69 bits per heavy atom. The number of H-pyrrole nitrogens is 1. The topological polar surface area (TPSA) is 110 Å². The minimum atomic E-state index is -1.06. The number of ether oxygens (including phenoxy) is 1. The van der Waals surface area contributed by atoms with E-state index in [1.54, 1.807) is 12.1 Å². The maximum Gasteiger partial charge on any atom is 0.328 e. The molecule has 8 heteroatoms. The molecule has 2 aromatic carbocycles. The van der Waals surface area contributed by atoms with Crippen LogP contribution in [0.25, 0.3) is 10.9 Å². The summed E-state index contributed by atoms with van der Waals surface area (Å²) in [6.07, 6.45) is 0.320. The van der Waals surface area contributed by atoms with Gasteiger partial charge in [0.15, 0.2) is 5.69 Å². The number of quaternary nitrogens is 1. The number of aromatic nitrogens is 1. The third-order valence-electron chi connectivity index (χ3n) is 5.42. The third kappa shape index (κ3) is 3.17. The van der Waals surface area contributed by atoms with E-state index in [-0.39, 0.29) is 11.6 Å². The Kier molecular flexibility index (Phi) is 4.83. The van der Waals surface area contributed by atoms with E-state index in [0.717, 1.165) is 22.2 Å². The Morgan fingerprint density at radius 1 is 1.24 bits per heavy atom. The molecule has 1 amide bonds. The first kappa shape index (κ1) is 19.1. The maximum atomic E-state index is 12.6. The van der Waals surface area contributed by atoms with Crippen LogP contribution >= 0.6 is 0 Å². The molecule has 4 rings (SSSR count). The Balaban J connectivity index is 1.98. The van der Waals surface area contributed by atoms with Crippen LogP contribution in [0.2, 0.25) is 0 Å². The van der Waals surface area contributed by atoms with Gasteiger partial charge in [-0.3, -0.25) is 4.79 Å². The van der Waals surface area contributed by atoms with Crippen molar-refractivity contribution in [1.82, 2.24) is 9.88 Å². The maximum absolute atomic E-state index is 12.6. The molecule has 29 heavy (non-hydrogen) atoms. The summed E-state index contributed by atoms with van der Waals surface area (Å²) in [5.74, 6) is -0.800. The van der Waals surface area contributed by atoms with Gasteiger partial charge >= 0.3 is 5.97 Å². The van der Waals surface area contributed by atoms with Gasteiger partial charge in [0.25, 0.3) is 0 Å². The smallest absolute Gasteiger partial charge is 0.328 e. The van der Waals surface area contributed by atoms with Crippen molar-refractivity contribution in [3.05, 3.63) is 70.6 Å². The molecule has 1 aliphatic rings. The van der Waals surface area contributed by atoms with E-state index < -0.39 is 23.3 Å². The first-order chi connectivity index (χ1) is 13.9. The lowest BCUT2D eigenvalue weighted by Gasteiger charge is -2.40. The van der Waals surface area contributed by atoms with Crippen molar-refractivity contribution in [2.75, 3.05) is 7.11 Å². The molecule has 3 N–H and O–H groups in total. The number of esters is 1. The summed E-state index contributed by atoms with van der Waals surface area (Å²) in [5.41, 5.74) is 3.33. The zero-order valence-corrected chi connectivity index (χ0v) is 16.0. The number of benzene rings is 2. The first-order valence-corrected chi connectivity index (χ1v) is 9.21. The lowest BCUT2D eigenvalue weighted by Crippen LogP contribution is -2.99. The average molecular weight is 395 g/mol. The number of fused-ring (bicyclic) bond motifs is 3. The summed E-state index contributed by atoms with van der Waals surface area (Å²) in [6.45, 7) is 1.40. The second kappa shape index (κ2) is 7.32. The summed E-state index contributed by atoms with van der Waals surface area (Å²) in [6, 6.07) is 12.7. The van der Waals surface area contributed by atoms with Gasteiger partial charge in [0.1, 0.15) is 6.04 Å². The Bertz CT molecular complexity index is 1090. The zero-order valence-electron chi connectivity index (χ0n) is 16.0. The van der Waals surface area contributed by atoms with Gasteiger partial charge in [0, 0.05) is 42.1 Å². The number of hydrogen-bond acceptors (Lipinski definition) is 5. The summed E-state index contributed by atoms with van der Waals surface area (Å²) in [4.78, 5) is 30.1. The number of para-hydroxylation sites is 1. The summed E-state index contributed by atoms with van der Waals surface area (Å²) >= 11 is 0. The monoisotopic (exact) mass is 395 g/mol. The minimum absolute atomic E-state index is 0.115. The fourth-order valence-electron chi connectivity index (χ4n) is 4.19. The number of carbonyl (C=O) groups excluding carboxylic acids is 2. The molecule has 0 saturated carbocycles. The standard InChI is InChI=1S/C21H21N3O5/c1-12(25)23-18(21(26)29-2)11-16-15-8-3-4-9-17(15)22-19(16)20(23)13-6-5-7-14(10-13)24(27)28/h3-10,18,20,22,24,27H,11H2,1-2H3/t18-,20?/m0/s1. The van der Waals surface area contributed by atoms with Gasteiger partial charge < -0.3 is 19.8 Å². The van der Waals surface area contributed by atoms with Crippen molar-refractivity contribution in [2.24, 2.45) is 0 Å². The number of carbonyl (C=O) groups is 2. The van der Waals surface area contributed by atoms with Gasteiger partial charge in [-0.2, -0.15) is 5.23 Å². The Morgan fingerprint density at radius 2 is 2.00 bits per heavy atom. The molecule has 8 nitrogen and oxygen atoms in total. The quantitative estimate of drug-likeness (QED) is 0.461. The number of hydrogen-bond donors (Lipinski definition) is 3. The largest absolute Gasteiger partial charge is 0.595 e. The molecule has 150 valence electrons. The summed E-state index contributed by atoms with van der Waals surface area (Å²) in [5, 5.41) is 20.8. The van der Waals surface area contributed by atoms with Crippen LogP contribution in [0.15, 0.2) is 48.5 Å². The molecule has 0 aliphatic carbocycles.